The van der Waals surface area contributed by atoms with Gasteiger partial charge in [0.05, 0.1) is 0 Å². The molecule has 0 aromatic rings. The lowest BCUT2D eigenvalue weighted by Gasteiger charge is -2.44. The van der Waals surface area contributed by atoms with Crippen LogP contribution in [0.25, 0.3) is 0 Å². The van der Waals surface area contributed by atoms with Crippen LogP contribution in [0.4, 0.5) is 0 Å². The Balaban J connectivity index is 2.16. The third-order valence-corrected chi connectivity index (χ3v) is 4.52. The molecule has 2 aliphatic rings. The summed E-state index contributed by atoms with van der Waals surface area (Å²) in [6.07, 6.45) is 14.5. The van der Waals surface area contributed by atoms with Gasteiger partial charge in [-0.3, -0.25) is 4.90 Å². The van der Waals surface area contributed by atoms with Gasteiger partial charge in [0.15, 0.2) is 0 Å². The van der Waals surface area contributed by atoms with E-state index in [1.807, 2.05) is 0 Å². The van der Waals surface area contributed by atoms with Crippen LogP contribution in [0.3, 0.4) is 0 Å². The van der Waals surface area contributed by atoms with Gasteiger partial charge in [-0.15, -0.1) is 12.3 Å². The normalized spacial score (nSPS) is 26.8. The summed E-state index contributed by atoms with van der Waals surface area (Å²) >= 11 is 0. The molecule has 1 aliphatic carbocycles. The van der Waals surface area contributed by atoms with Crippen LogP contribution in [-0.4, -0.2) is 36.6 Å². The van der Waals surface area contributed by atoms with Crippen LogP contribution >= 0.6 is 0 Å². The van der Waals surface area contributed by atoms with Gasteiger partial charge in [0.1, 0.15) is 0 Å². The van der Waals surface area contributed by atoms with Crippen LogP contribution < -0.4 is 5.32 Å². The predicted molar refractivity (Wildman–Crippen MR) is 68.3 cm³/mol. The second-order valence-corrected chi connectivity index (χ2v) is 5.25. The molecule has 90 valence electrons. The fourth-order valence-electron chi connectivity index (χ4n) is 3.71. The van der Waals surface area contributed by atoms with Crippen LogP contribution in [0.5, 0.6) is 0 Å². The largest absolute Gasteiger partial charge is 0.314 e. The first-order valence-corrected chi connectivity index (χ1v) is 6.69. The lowest BCUT2D eigenvalue weighted by atomic mass is 9.84. The minimum absolute atomic E-state index is 0.373. The van der Waals surface area contributed by atoms with Crippen molar-refractivity contribution in [3.8, 4) is 12.3 Å². The topological polar surface area (TPSA) is 15.3 Å². The van der Waals surface area contributed by atoms with E-state index in [1.54, 1.807) is 0 Å². The Bertz CT molecular complexity index is 254. The molecule has 1 unspecified atom stereocenters. The zero-order valence-corrected chi connectivity index (χ0v) is 10.5. The number of likely N-dealkylation sites (N-methyl/N-ethyl adjacent to an activating group) is 1. The van der Waals surface area contributed by atoms with Crippen LogP contribution in [0.15, 0.2) is 0 Å². The highest BCUT2D eigenvalue weighted by atomic mass is 15.2. The summed E-state index contributed by atoms with van der Waals surface area (Å²) in [4.78, 5) is 2.72. The van der Waals surface area contributed by atoms with Crippen LogP contribution in [-0.2, 0) is 0 Å². The average Bonchev–Trinajstić information content (AvgIpc) is 2.95. The molecule has 2 heteroatoms. The highest BCUT2D eigenvalue weighted by Gasteiger charge is 2.45. The molecule has 2 rings (SSSR count). The number of nitrogens with one attached hydrogen (secondary N) is 1. The summed E-state index contributed by atoms with van der Waals surface area (Å²) in [7, 11) is 2.07. The fraction of sp³-hybridized carbons (Fsp3) is 0.857. The molecule has 0 spiro atoms. The molecule has 0 amide bonds. The summed E-state index contributed by atoms with van der Waals surface area (Å²) in [5, 5.41) is 3.48. The van der Waals surface area contributed by atoms with Crippen LogP contribution in [0, 0.1) is 12.3 Å². The van der Waals surface area contributed by atoms with Gasteiger partial charge < -0.3 is 5.32 Å². The van der Waals surface area contributed by atoms with Gasteiger partial charge >= 0.3 is 0 Å². The molecule has 2 fully saturated rings. The van der Waals surface area contributed by atoms with E-state index in [0.717, 1.165) is 6.42 Å². The van der Waals surface area contributed by atoms with Gasteiger partial charge in [-0.05, 0) is 45.8 Å². The van der Waals surface area contributed by atoms with Gasteiger partial charge in [-0.2, -0.15) is 0 Å². The number of likely N-dealkylation sites (tertiary alicyclic amines) is 1. The molecule has 1 saturated carbocycles. The van der Waals surface area contributed by atoms with E-state index >= 15 is 0 Å². The summed E-state index contributed by atoms with van der Waals surface area (Å²) in [5.74, 6) is 2.85. The van der Waals surface area contributed by atoms with Gasteiger partial charge in [0.2, 0.25) is 0 Å². The minimum Gasteiger partial charge on any atom is -0.314 e. The van der Waals surface area contributed by atoms with Gasteiger partial charge in [0, 0.05) is 18.0 Å². The van der Waals surface area contributed by atoms with Crippen molar-refractivity contribution in [1.82, 2.24) is 10.2 Å². The SMILES string of the molecule is C#CCC(NC)C1(N2CCCC2)CCCC1. The quantitative estimate of drug-likeness (QED) is 0.729. The molecule has 1 atom stereocenters. The van der Waals surface area contributed by atoms with Crippen molar-refractivity contribution >= 4 is 0 Å². The smallest absolute Gasteiger partial charge is 0.0371 e. The molecule has 1 saturated heterocycles. The third kappa shape index (κ3) is 1.99. The molecule has 1 N–H and O–H groups in total. The van der Waals surface area contributed by atoms with Crippen molar-refractivity contribution in [2.45, 2.75) is 56.5 Å². The lowest BCUT2D eigenvalue weighted by molar-refractivity contribution is 0.0817. The molecular weight excluding hydrogens is 196 g/mol. The first-order valence-electron chi connectivity index (χ1n) is 6.69. The van der Waals surface area contributed by atoms with E-state index in [-0.39, 0.29) is 0 Å². The Morgan fingerprint density at radius 3 is 2.38 bits per heavy atom. The van der Waals surface area contributed by atoms with E-state index < -0.39 is 0 Å². The Morgan fingerprint density at radius 1 is 1.25 bits per heavy atom. The summed E-state index contributed by atoms with van der Waals surface area (Å²) < 4.78 is 0. The molecule has 0 radical (unpaired) electrons. The van der Waals surface area contributed by atoms with E-state index in [9.17, 15) is 0 Å². The Kier molecular flexibility index (Phi) is 3.89. The standard InChI is InChI=1S/C14H24N2/c1-3-8-13(15-2)14(9-4-5-10-14)16-11-6-7-12-16/h1,13,15H,4-12H2,2H3. The zero-order valence-electron chi connectivity index (χ0n) is 10.5. The summed E-state index contributed by atoms with van der Waals surface area (Å²) in [6.45, 7) is 2.56. The Morgan fingerprint density at radius 2 is 1.88 bits per heavy atom. The number of hydrogen-bond donors (Lipinski definition) is 1. The van der Waals surface area contributed by atoms with Gasteiger partial charge in [0.25, 0.3) is 0 Å². The fourth-order valence-corrected chi connectivity index (χ4v) is 3.71. The molecule has 0 aromatic heterocycles. The van der Waals surface area contributed by atoms with Crippen molar-refractivity contribution in [1.29, 1.82) is 0 Å². The van der Waals surface area contributed by atoms with E-state index in [2.05, 4.69) is 23.2 Å². The highest BCUT2D eigenvalue weighted by molar-refractivity contribution is 5.08. The van der Waals surface area contributed by atoms with E-state index in [0.29, 0.717) is 11.6 Å². The summed E-state index contributed by atoms with van der Waals surface area (Å²) in [6, 6.07) is 0.484. The number of rotatable bonds is 4. The molecular formula is C14H24N2. The maximum atomic E-state index is 5.52. The molecule has 1 aliphatic heterocycles. The molecule has 0 aromatic carbocycles. The molecule has 0 bridgehead atoms. The van der Waals surface area contributed by atoms with Crippen molar-refractivity contribution in [3.05, 3.63) is 0 Å². The van der Waals surface area contributed by atoms with E-state index in [1.165, 1.54) is 51.6 Å². The second kappa shape index (κ2) is 5.21. The Labute approximate surface area is 99.8 Å². The molecule has 1 heterocycles. The first kappa shape index (κ1) is 12.0. The summed E-state index contributed by atoms with van der Waals surface area (Å²) in [5.41, 5.74) is 0.373. The van der Waals surface area contributed by atoms with Crippen molar-refractivity contribution in [2.24, 2.45) is 0 Å². The van der Waals surface area contributed by atoms with Crippen LogP contribution in [0.2, 0.25) is 0 Å². The highest BCUT2D eigenvalue weighted by Crippen LogP contribution is 2.40. The lowest BCUT2D eigenvalue weighted by Crippen LogP contribution is -2.58. The zero-order chi connectivity index (χ0) is 11.4. The van der Waals surface area contributed by atoms with Gasteiger partial charge in [-0.1, -0.05) is 12.8 Å². The minimum atomic E-state index is 0.373. The van der Waals surface area contributed by atoms with Gasteiger partial charge in [-0.25, -0.2) is 0 Å². The third-order valence-electron chi connectivity index (χ3n) is 4.52. The predicted octanol–water partition coefficient (Wildman–Crippen LogP) is 2.01. The van der Waals surface area contributed by atoms with Crippen LogP contribution in [0.1, 0.15) is 44.9 Å². The number of hydrogen-bond acceptors (Lipinski definition) is 2. The second-order valence-electron chi connectivity index (χ2n) is 5.25. The maximum Gasteiger partial charge on any atom is 0.0371 e. The first-order chi connectivity index (χ1) is 7.83. The monoisotopic (exact) mass is 220 g/mol. The average molecular weight is 220 g/mol. The Hall–Kier alpha value is -0.520. The van der Waals surface area contributed by atoms with Crippen molar-refractivity contribution in [2.75, 3.05) is 20.1 Å². The van der Waals surface area contributed by atoms with Crippen molar-refractivity contribution in [3.63, 3.8) is 0 Å². The maximum absolute atomic E-state index is 5.52. The molecule has 16 heavy (non-hydrogen) atoms. The number of terminal acetylenes is 1. The van der Waals surface area contributed by atoms with Crippen molar-refractivity contribution < 1.29 is 0 Å². The van der Waals surface area contributed by atoms with E-state index in [4.69, 9.17) is 6.42 Å². The molecule has 2 nitrogen and oxygen atoms in total. The number of nitrogens with zero attached hydrogens (tertiary/aromatic N) is 1.